The lowest BCUT2D eigenvalue weighted by molar-refractivity contribution is 0.330. The topological polar surface area (TPSA) is 35.2 Å². The molecule has 2 aromatic carbocycles. The Morgan fingerprint density at radius 2 is 1.75 bits per heavy atom. The van der Waals surface area contributed by atoms with Crippen LogP contribution in [0.15, 0.2) is 48.5 Å². The van der Waals surface area contributed by atoms with E-state index in [9.17, 15) is 0 Å². The number of benzene rings is 2. The third-order valence-corrected chi connectivity index (χ3v) is 2.47. The molecule has 16 heavy (non-hydrogen) atoms. The molecule has 0 aliphatic carbocycles. The third-order valence-electron chi connectivity index (χ3n) is 2.47. The minimum absolute atomic E-state index is 0.206. The average Bonchev–Trinajstić information content (AvgIpc) is 2.31. The van der Waals surface area contributed by atoms with Crippen LogP contribution >= 0.6 is 0 Å². The van der Waals surface area contributed by atoms with Crippen LogP contribution in [0.25, 0.3) is 11.1 Å². The highest BCUT2D eigenvalue weighted by atomic mass is 16.5. The Hall–Kier alpha value is -1.80. The average molecular weight is 213 g/mol. The maximum atomic E-state index is 5.35. The quantitative estimate of drug-likeness (QED) is 0.795. The first-order chi connectivity index (χ1) is 7.79. The molecule has 0 fully saturated rings. The van der Waals surface area contributed by atoms with Crippen molar-refractivity contribution in [3.63, 3.8) is 0 Å². The van der Waals surface area contributed by atoms with E-state index in [-0.39, 0.29) is 6.73 Å². The molecular formula is C14H15NO. The summed E-state index contributed by atoms with van der Waals surface area (Å²) >= 11 is 0. The summed E-state index contributed by atoms with van der Waals surface area (Å²) in [5.74, 6) is 0.806. The summed E-state index contributed by atoms with van der Waals surface area (Å²) in [7, 11) is 0. The summed E-state index contributed by atoms with van der Waals surface area (Å²) in [4.78, 5) is 0. The minimum Gasteiger partial charge on any atom is -0.479 e. The van der Waals surface area contributed by atoms with Gasteiger partial charge in [-0.3, -0.25) is 5.73 Å². The van der Waals surface area contributed by atoms with Gasteiger partial charge in [0.25, 0.3) is 0 Å². The normalized spacial score (nSPS) is 10.1. The molecule has 2 aromatic rings. The van der Waals surface area contributed by atoms with Crippen molar-refractivity contribution in [1.29, 1.82) is 0 Å². The van der Waals surface area contributed by atoms with Gasteiger partial charge in [-0.15, -0.1) is 0 Å². The highest BCUT2D eigenvalue weighted by molar-refractivity contribution is 5.65. The summed E-state index contributed by atoms with van der Waals surface area (Å²) < 4.78 is 5.27. The van der Waals surface area contributed by atoms with E-state index in [0.717, 1.165) is 11.3 Å². The molecule has 0 heterocycles. The molecule has 2 rings (SSSR count). The van der Waals surface area contributed by atoms with E-state index in [1.165, 1.54) is 11.1 Å². The van der Waals surface area contributed by atoms with Gasteiger partial charge in [-0.1, -0.05) is 42.0 Å². The van der Waals surface area contributed by atoms with Crippen molar-refractivity contribution < 1.29 is 4.74 Å². The van der Waals surface area contributed by atoms with Crippen LogP contribution in [-0.4, -0.2) is 6.73 Å². The van der Waals surface area contributed by atoms with E-state index in [0.29, 0.717) is 0 Å². The number of nitrogens with two attached hydrogens (primary N) is 1. The Morgan fingerprint density at radius 3 is 2.44 bits per heavy atom. The Kier molecular flexibility index (Phi) is 3.22. The van der Waals surface area contributed by atoms with Gasteiger partial charge in [0.1, 0.15) is 12.5 Å². The fraction of sp³-hybridized carbons (Fsp3) is 0.143. The molecule has 82 valence electrons. The van der Waals surface area contributed by atoms with Gasteiger partial charge in [0.05, 0.1) is 0 Å². The van der Waals surface area contributed by atoms with Crippen LogP contribution in [0.5, 0.6) is 5.75 Å². The second kappa shape index (κ2) is 4.81. The van der Waals surface area contributed by atoms with Crippen LogP contribution in [0.4, 0.5) is 0 Å². The Balaban J connectivity index is 2.32. The maximum Gasteiger partial charge on any atom is 0.137 e. The van der Waals surface area contributed by atoms with Crippen LogP contribution in [0.1, 0.15) is 5.56 Å². The monoisotopic (exact) mass is 213 g/mol. The summed E-state index contributed by atoms with van der Waals surface area (Å²) in [5.41, 5.74) is 8.94. The van der Waals surface area contributed by atoms with Gasteiger partial charge in [-0.05, 0) is 30.2 Å². The zero-order valence-corrected chi connectivity index (χ0v) is 9.31. The van der Waals surface area contributed by atoms with Crippen molar-refractivity contribution in [3.8, 4) is 16.9 Å². The molecule has 2 N–H and O–H groups in total. The zero-order chi connectivity index (χ0) is 11.4. The zero-order valence-electron chi connectivity index (χ0n) is 9.31. The van der Waals surface area contributed by atoms with Crippen LogP contribution in [-0.2, 0) is 0 Å². The molecule has 0 radical (unpaired) electrons. The fourth-order valence-corrected chi connectivity index (χ4v) is 1.61. The summed E-state index contributed by atoms with van der Waals surface area (Å²) in [5, 5.41) is 0. The van der Waals surface area contributed by atoms with Crippen molar-refractivity contribution in [2.75, 3.05) is 6.73 Å². The molecule has 0 bridgehead atoms. The Morgan fingerprint density at radius 1 is 1.00 bits per heavy atom. The van der Waals surface area contributed by atoms with Crippen molar-refractivity contribution in [2.24, 2.45) is 5.73 Å². The van der Waals surface area contributed by atoms with Crippen LogP contribution in [0.2, 0.25) is 0 Å². The maximum absolute atomic E-state index is 5.35. The molecular weight excluding hydrogens is 198 g/mol. The van der Waals surface area contributed by atoms with Crippen LogP contribution < -0.4 is 10.5 Å². The third kappa shape index (κ3) is 2.41. The molecule has 2 heteroatoms. The van der Waals surface area contributed by atoms with Crippen molar-refractivity contribution >= 4 is 0 Å². The SMILES string of the molecule is Cc1ccc(-c2cccc(OCN)c2)cc1. The van der Waals surface area contributed by atoms with Gasteiger partial charge in [-0.2, -0.15) is 0 Å². The van der Waals surface area contributed by atoms with Crippen LogP contribution in [0.3, 0.4) is 0 Å². The summed E-state index contributed by atoms with van der Waals surface area (Å²) in [6.45, 7) is 2.29. The molecule has 0 aromatic heterocycles. The van der Waals surface area contributed by atoms with Crippen molar-refractivity contribution in [1.82, 2.24) is 0 Å². The molecule has 0 atom stereocenters. The Bertz CT molecular complexity index is 462. The molecule has 0 saturated carbocycles. The number of hydrogen-bond donors (Lipinski definition) is 1. The standard InChI is InChI=1S/C14H15NO/c1-11-5-7-12(8-6-11)13-3-2-4-14(9-13)16-10-15/h2-9H,10,15H2,1H3. The summed E-state index contributed by atoms with van der Waals surface area (Å²) in [6.07, 6.45) is 0. The highest BCUT2D eigenvalue weighted by Gasteiger charge is 1.99. The molecule has 0 saturated heterocycles. The first-order valence-corrected chi connectivity index (χ1v) is 5.29. The van der Waals surface area contributed by atoms with Crippen molar-refractivity contribution in [2.45, 2.75) is 6.92 Å². The number of hydrogen-bond acceptors (Lipinski definition) is 2. The minimum atomic E-state index is 0.206. The van der Waals surface area contributed by atoms with E-state index in [2.05, 4.69) is 37.3 Å². The predicted molar refractivity (Wildman–Crippen MR) is 66.3 cm³/mol. The molecule has 2 nitrogen and oxygen atoms in total. The summed E-state index contributed by atoms with van der Waals surface area (Å²) in [6, 6.07) is 16.4. The molecule has 0 aliphatic rings. The second-order valence-corrected chi connectivity index (χ2v) is 3.70. The predicted octanol–water partition coefficient (Wildman–Crippen LogP) is 2.96. The van der Waals surface area contributed by atoms with E-state index in [1.807, 2.05) is 18.2 Å². The van der Waals surface area contributed by atoms with Gasteiger partial charge in [0.2, 0.25) is 0 Å². The van der Waals surface area contributed by atoms with Gasteiger partial charge in [0, 0.05) is 0 Å². The Labute approximate surface area is 95.7 Å². The van der Waals surface area contributed by atoms with Gasteiger partial charge >= 0.3 is 0 Å². The first kappa shape index (κ1) is 10.7. The number of aryl methyl sites for hydroxylation is 1. The van der Waals surface area contributed by atoms with E-state index in [4.69, 9.17) is 10.5 Å². The first-order valence-electron chi connectivity index (χ1n) is 5.29. The van der Waals surface area contributed by atoms with E-state index in [1.54, 1.807) is 0 Å². The second-order valence-electron chi connectivity index (χ2n) is 3.70. The molecule has 0 spiro atoms. The smallest absolute Gasteiger partial charge is 0.137 e. The largest absolute Gasteiger partial charge is 0.479 e. The number of rotatable bonds is 3. The van der Waals surface area contributed by atoms with Gasteiger partial charge in [0.15, 0.2) is 0 Å². The molecule has 0 aliphatic heterocycles. The molecule has 0 amide bonds. The van der Waals surface area contributed by atoms with E-state index >= 15 is 0 Å². The lowest BCUT2D eigenvalue weighted by atomic mass is 10.0. The van der Waals surface area contributed by atoms with Gasteiger partial charge < -0.3 is 4.74 Å². The number of ether oxygens (including phenoxy) is 1. The lowest BCUT2D eigenvalue weighted by Crippen LogP contribution is -2.07. The fourth-order valence-electron chi connectivity index (χ4n) is 1.61. The molecule has 0 unspecified atom stereocenters. The van der Waals surface area contributed by atoms with E-state index < -0.39 is 0 Å². The highest BCUT2D eigenvalue weighted by Crippen LogP contribution is 2.23. The van der Waals surface area contributed by atoms with Crippen molar-refractivity contribution in [3.05, 3.63) is 54.1 Å². The lowest BCUT2D eigenvalue weighted by Gasteiger charge is -2.06. The van der Waals surface area contributed by atoms with Gasteiger partial charge in [-0.25, -0.2) is 0 Å². The van der Waals surface area contributed by atoms with Crippen LogP contribution in [0, 0.1) is 6.92 Å².